The Hall–Kier alpha value is -3.20. The average Bonchev–Trinajstić information content (AvgIpc) is 3.07. The zero-order chi connectivity index (χ0) is 21.5. The van der Waals surface area contributed by atoms with Gasteiger partial charge >= 0.3 is 0 Å². The molecule has 9 heteroatoms. The van der Waals surface area contributed by atoms with Gasteiger partial charge in [-0.05, 0) is 30.7 Å². The predicted molar refractivity (Wildman–Crippen MR) is 115 cm³/mol. The molecule has 3 aromatic rings. The number of halogens is 1. The number of para-hydroxylation sites is 2. The third kappa shape index (κ3) is 5.44. The van der Waals surface area contributed by atoms with Crippen molar-refractivity contribution < 1.29 is 14.0 Å². The van der Waals surface area contributed by atoms with Crippen LogP contribution in [0.3, 0.4) is 0 Å². The van der Waals surface area contributed by atoms with Gasteiger partial charge in [0.1, 0.15) is 11.6 Å². The number of nitrogens with zero attached hydrogens (tertiary/aromatic N) is 3. The van der Waals surface area contributed by atoms with E-state index < -0.39 is 11.1 Å². The van der Waals surface area contributed by atoms with E-state index in [-0.39, 0.29) is 23.9 Å². The van der Waals surface area contributed by atoms with Gasteiger partial charge in [-0.1, -0.05) is 49.0 Å². The maximum Gasteiger partial charge on any atom is 0.238 e. The van der Waals surface area contributed by atoms with E-state index in [4.69, 9.17) is 0 Å². The van der Waals surface area contributed by atoms with Gasteiger partial charge in [-0.25, -0.2) is 4.39 Å². The van der Waals surface area contributed by atoms with E-state index in [1.54, 1.807) is 35.9 Å². The lowest BCUT2D eigenvalue weighted by atomic mass is 10.2. The first-order valence-electron chi connectivity index (χ1n) is 9.43. The molecule has 0 radical (unpaired) electrons. The number of carbonyl (C=O) groups is 2. The first kappa shape index (κ1) is 21.5. The van der Waals surface area contributed by atoms with Gasteiger partial charge in [0.15, 0.2) is 5.16 Å². The summed E-state index contributed by atoms with van der Waals surface area (Å²) in [5.41, 5.74) is 0.841. The molecule has 0 aliphatic rings. The lowest BCUT2D eigenvalue weighted by Crippen LogP contribution is -2.25. The molecular weight excluding hydrogens is 405 g/mol. The smallest absolute Gasteiger partial charge is 0.238 e. The van der Waals surface area contributed by atoms with Crippen molar-refractivity contribution in [1.82, 2.24) is 14.8 Å². The molecule has 7 nitrogen and oxygen atoms in total. The zero-order valence-corrected chi connectivity index (χ0v) is 17.4. The highest BCUT2D eigenvalue weighted by molar-refractivity contribution is 8.00. The Morgan fingerprint density at radius 3 is 2.47 bits per heavy atom. The van der Waals surface area contributed by atoms with E-state index in [0.29, 0.717) is 23.1 Å². The van der Waals surface area contributed by atoms with Crippen molar-refractivity contribution in [3.05, 3.63) is 66.2 Å². The first-order valence-corrected chi connectivity index (χ1v) is 10.3. The lowest BCUT2D eigenvalue weighted by molar-refractivity contribution is -0.116. The van der Waals surface area contributed by atoms with Gasteiger partial charge in [0.25, 0.3) is 0 Å². The summed E-state index contributed by atoms with van der Waals surface area (Å²) >= 11 is 1.22. The van der Waals surface area contributed by atoms with Crippen LogP contribution in [0.15, 0.2) is 59.8 Å². The topological polar surface area (TPSA) is 88.9 Å². The van der Waals surface area contributed by atoms with Crippen molar-refractivity contribution in [2.24, 2.45) is 7.05 Å². The summed E-state index contributed by atoms with van der Waals surface area (Å²) in [6, 6.07) is 15.2. The minimum atomic E-state index is -0.490. The summed E-state index contributed by atoms with van der Waals surface area (Å²) in [5, 5.41) is 13.6. The first-order chi connectivity index (χ1) is 14.5. The van der Waals surface area contributed by atoms with Crippen LogP contribution < -0.4 is 10.6 Å². The number of nitrogens with one attached hydrogen (secondary N) is 2. The van der Waals surface area contributed by atoms with Crippen molar-refractivity contribution in [3.8, 4) is 0 Å². The molecule has 1 atom stereocenters. The van der Waals surface area contributed by atoms with Crippen LogP contribution in [0.5, 0.6) is 0 Å². The van der Waals surface area contributed by atoms with Crippen LogP contribution in [-0.4, -0.2) is 31.8 Å². The van der Waals surface area contributed by atoms with Gasteiger partial charge in [-0.2, -0.15) is 0 Å². The minimum Gasteiger partial charge on any atom is -0.326 e. The van der Waals surface area contributed by atoms with Crippen molar-refractivity contribution in [3.63, 3.8) is 0 Å². The van der Waals surface area contributed by atoms with Gasteiger partial charge in [0, 0.05) is 12.7 Å². The van der Waals surface area contributed by atoms with Crippen molar-refractivity contribution in [2.45, 2.75) is 30.2 Å². The molecule has 0 aliphatic heterocycles. The monoisotopic (exact) mass is 427 g/mol. The molecule has 3 rings (SSSR count). The largest absolute Gasteiger partial charge is 0.326 e. The highest BCUT2D eigenvalue weighted by atomic mass is 32.2. The number of carbonyl (C=O) groups excluding carboxylic acids is 2. The summed E-state index contributed by atoms with van der Waals surface area (Å²) < 4.78 is 15.5. The van der Waals surface area contributed by atoms with Crippen LogP contribution in [0.1, 0.15) is 19.2 Å². The number of anilines is 2. The number of thioether (sulfide) groups is 1. The number of hydrogen-bond donors (Lipinski definition) is 2. The molecule has 0 spiro atoms. The SMILES string of the molecule is CC[C@H](Sc1nnc(CC(=O)Nc2ccccc2)n1C)C(=O)Nc1ccccc1F. The van der Waals surface area contributed by atoms with Crippen molar-refractivity contribution in [2.75, 3.05) is 10.6 Å². The molecule has 1 heterocycles. The van der Waals surface area contributed by atoms with E-state index in [1.165, 1.54) is 23.9 Å². The maximum atomic E-state index is 13.8. The average molecular weight is 428 g/mol. The second-order valence-electron chi connectivity index (χ2n) is 6.53. The predicted octanol–water partition coefficient (Wildman–Crippen LogP) is 3.64. The lowest BCUT2D eigenvalue weighted by Gasteiger charge is -2.14. The van der Waals surface area contributed by atoms with Gasteiger partial charge in [0.05, 0.1) is 17.4 Å². The molecular formula is C21H22FN5O2S. The number of benzene rings is 2. The Labute approximate surface area is 178 Å². The van der Waals surface area contributed by atoms with Gasteiger partial charge in [-0.15, -0.1) is 10.2 Å². The molecule has 30 heavy (non-hydrogen) atoms. The Balaban J connectivity index is 1.63. The van der Waals surface area contributed by atoms with Gasteiger partial charge in [0.2, 0.25) is 11.8 Å². The summed E-state index contributed by atoms with van der Waals surface area (Å²) in [6.07, 6.45) is 0.568. The molecule has 0 fully saturated rings. The summed E-state index contributed by atoms with van der Waals surface area (Å²) in [4.78, 5) is 24.8. The summed E-state index contributed by atoms with van der Waals surface area (Å²) in [6.45, 7) is 1.86. The molecule has 156 valence electrons. The molecule has 2 aromatic carbocycles. The third-order valence-electron chi connectivity index (χ3n) is 4.34. The van der Waals surface area contributed by atoms with E-state index in [2.05, 4.69) is 20.8 Å². The van der Waals surface area contributed by atoms with Crippen LogP contribution in [-0.2, 0) is 23.1 Å². The fraction of sp³-hybridized carbons (Fsp3) is 0.238. The molecule has 0 aliphatic carbocycles. The van der Waals surface area contributed by atoms with Crippen LogP contribution in [0.4, 0.5) is 15.8 Å². The number of rotatable bonds is 8. The van der Waals surface area contributed by atoms with Crippen molar-refractivity contribution >= 4 is 35.0 Å². The molecule has 2 amide bonds. The number of aromatic nitrogens is 3. The Morgan fingerprint density at radius 2 is 1.77 bits per heavy atom. The highest BCUT2D eigenvalue weighted by Crippen LogP contribution is 2.26. The van der Waals surface area contributed by atoms with Crippen LogP contribution in [0, 0.1) is 5.82 Å². The van der Waals surface area contributed by atoms with E-state index in [9.17, 15) is 14.0 Å². The fourth-order valence-electron chi connectivity index (χ4n) is 2.70. The molecule has 2 N–H and O–H groups in total. The number of hydrogen-bond acceptors (Lipinski definition) is 5. The van der Waals surface area contributed by atoms with E-state index in [0.717, 1.165) is 0 Å². The van der Waals surface area contributed by atoms with Crippen LogP contribution in [0.2, 0.25) is 0 Å². The van der Waals surface area contributed by atoms with Gasteiger partial charge < -0.3 is 15.2 Å². The zero-order valence-electron chi connectivity index (χ0n) is 16.6. The van der Waals surface area contributed by atoms with Crippen LogP contribution >= 0.6 is 11.8 Å². The maximum absolute atomic E-state index is 13.8. The summed E-state index contributed by atoms with van der Waals surface area (Å²) in [5.74, 6) is -0.539. The number of amides is 2. The third-order valence-corrected chi connectivity index (χ3v) is 5.74. The van der Waals surface area contributed by atoms with Crippen LogP contribution in [0.25, 0.3) is 0 Å². The minimum absolute atomic E-state index is 0.0527. The Kier molecular flexibility index (Phi) is 7.18. The molecule has 0 unspecified atom stereocenters. The van der Waals surface area contributed by atoms with E-state index >= 15 is 0 Å². The molecule has 1 aromatic heterocycles. The Morgan fingerprint density at radius 1 is 1.07 bits per heavy atom. The van der Waals surface area contributed by atoms with Gasteiger partial charge in [-0.3, -0.25) is 9.59 Å². The van der Waals surface area contributed by atoms with E-state index in [1.807, 2.05) is 25.1 Å². The molecule has 0 saturated carbocycles. The highest BCUT2D eigenvalue weighted by Gasteiger charge is 2.23. The van der Waals surface area contributed by atoms with Crippen molar-refractivity contribution in [1.29, 1.82) is 0 Å². The second kappa shape index (κ2) is 10.0. The summed E-state index contributed by atoms with van der Waals surface area (Å²) in [7, 11) is 1.74. The Bertz CT molecular complexity index is 1030. The normalized spacial score (nSPS) is 11.7. The fourth-order valence-corrected chi connectivity index (χ4v) is 3.64. The standard InChI is InChI=1S/C21H22FN5O2S/c1-3-17(20(29)24-16-12-8-7-11-15(16)22)30-21-26-25-18(27(21)2)13-19(28)23-14-9-5-4-6-10-14/h4-12,17H,3,13H2,1-2H3,(H,23,28)(H,24,29)/t17-/m0/s1. The molecule has 0 saturated heterocycles. The second-order valence-corrected chi connectivity index (χ2v) is 7.70. The quantitative estimate of drug-likeness (QED) is 0.536. The molecule has 0 bridgehead atoms.